The van der Waals surface area contributed by atoms with Gasteiger partial charge in [0.15, 0.2) is 5.03 Å². The molecule has 0 spiro atoms. The summed E-state index contributed by atoms with van der Waals surface area (Å²) in [6.07, 6.45) is 5.44. The molecule has 0 aromatic carbocycles. The van der Waals surface area contributed by atoms with Gasteiger partial charge in [-0.3, -0.25) is 5.10 Å². The fourth-order valence-electron chi connectivity index (χ4n) is 2.64. The first-order valence-electron chi connectivity index (χ1n) is 6.77. The molecule has 118 valence electrons. The summed E-state index contributed by atoms with van der Waals surface area (Å²) in [5.41, 5.74) is -0.862. The number of carboxylic acids is 1. The van der Waals surface area contributed by atoms with E-state index in [1.165, 1.54) is 0 Å². The number of carboxylic acid groups (broad SMARTS) is 1. The number of aliphatic hydroxyl groups is 1. The van der Waals surface area contributed by atoms with Gasteiger partial charge in [-0.25, -0.2) is 17.9 Å². The molecule has 1 aliphatic carbocycles. The highest BCUT2D eigenvalue weighted by Gasteiger charge is 2.34. The van der Waals surface area contributed by atoms with Gasteiger partial charge in [-0.1, -0.05) is 19.3 Å². The highest BCUT2D eigenvalue weighted by Crippen LogP contribution is 2.35. The van der Waals surface area contributed by atoms with Crippen LogP contribution in [-0.2, 0) is 10.0 Å². The zero-order valence-corrected chi connectivity index (χ0v) is 12.3. The molecule has 0 atom stereocenters. The number of aliphatic hydroxyl groups excluding tert-OH is 1. The van der Waals surface area contributed by atoms with Crippen LogP contribution in [0.4, 0.5) is 0 Å². The van der Waals surface area contributed by atoms with Crippen LogP contribution in [0, 0.1) is 5.41 Å². The summed E-state index contributed by atoms with van der Waals surface area (Å²) < 4.78 is 26.8. The predicted molar refractivity (Wildman–Crippen MR) is 73.3 cm³/mol. The van der Waals surface area contributed by atoms with E-state index in [1.54, 1.807) is 0 Å². The maximum absolute atomic E-state index is 12.2. The van der Waals surface area contributed by atoms with Crippen molar-refractivity contribution in [3.8, 4) is 0 Å². The Morgan fingerprint density at radius 1 is 1.38 bits per heavy atom. The van der Waals surface area contributed by atoms with E-state index in [1.807, 2.05) is 0 Å². The van der Waals surface area contributed by atoms with E-state index in [4.69, 9.17) is 5.11 Å². The van der Waals surface area contributed by atoms with Crippen LogP contribution >= 0.6 is 0 Å². The number of hydrogen-bond acceptors (Lipinski definition) is 5. The molecular formula is C12H19N3O5S. The molecule has 0 saturated heterocycles. The molecule has 1 aliphatic rings. The summed E-state index contributed by atoms with van der Waals surface area (Å²) in [7, 11) is -4.00. The lowest BCUT2D eigenvalue weighted by Crippen LogP contribution is -2.41. The summed E-state index contributed by atoms with van der Waals surface area (Å²) in [5, 5.41) is 23.7. The Balaban J connectivity index is 2.14. The highest BCUT2D eigenvalue weighted by atomic mass is 32.2. The second-order valence-corrected chi connectivity index (χ2v) is 7.17. The van der Waals surface area contributed by atoms with E-state index in [9.17, 15) is 18.3 Å². The van der Waals surface area contributed by atoms with Crippen molar-refractivity contribution < 1.29 is 23.4 Å². The number of aromatic amines is 1. The zero-order valence-electron chi connectivity index (χ0n) is 11.5. The Bertz CT molecular complexity index is 604. The van der Waals surface area contributed by atoms with Crippen molar-refractivity contribution in [2.24, 2.45) is 5.41 Å². The molecule has 2 rings (SSSR count). The Kier molecular flexibility index (Phi) is 4.64. The van der Waals surface area contributed by atoms with Crippen molar-refractivity contribution in [3.05, 3.63) is 11.8 Å². The van der Waals surface area contributed by atoms with Crippen LogP contribution in [0.15, 0.2) is 11.2 Å². The van der Waals surface area contributed by atoms with Crippen molar-refractivity contribution >= 4 is 16.0 Å². The number of nitrogens with one attached hydrogen (secondary N) is 2. The monoisotopic (exact) mass is 317 g/mol. The first-order chi connectivity index (χ1) is 9.90. The average Bonchev–Trinajstić information content (AvgIpc) is 2.97. The molecule has 1 fully saturated rings. The zero-order chi connectivity index (χ0) is 15.5. The van der Waals surface area contributed by atoms with Crippen LogP contribution < -0.4 is 4.72 Å². The molecular weight excluding hydrogens is 298 g/mol. The van der Waals surface area contributed by atoms with Crippen LogP contribution in [0.3, 0.4) is 0 Å². The minimum atomic E-state index is -4.00. The van der Waals surface area contributed by atoms with Crippen molar-refractivity contribution in [1.82, 2.24) is 14.9 Å². The largest absolute Gasteiger partial charge is 0.478 e. The second-order valence-electron chi connectivity index (χ2n) is 5.46. The van der Waals surface area contributed by atoms with Crippen molar-refractivity contribution in [2.75, 3.05) is 13.2 Å². The van der Waals surface area contributed by atoms with Gasteiger partial charge in [0.25, 0.3) is 10.0 Å². The normalized spacial score (nSPS) is 18.5. The Labute approximate surface area is 122 Å². The minimum Gasteiger partial charge on any atom is -0.478 e. The first-order valence-corrected chi connectivity index (χ1v) is 8.26. The summed E-state index contributed by atoms with van der Waals surface area (Å²) in [6.45, 7) is -0.00576. The number of nitrogens with zero attached hydrogens (tertiary/aromatic N) is 1. The molecule has 4 N–H and O–H groups in total. The number of carbonyl (C=O) groups is 1. The number of aromatic nitrogens is 2. The highest BCUT2D eigenvalue weighted by molar-refractivity contribution is 7.89. The molecule has 0 unspecified atom stereocenters. The standard InChI is InChI=1S/C12H19N3O5S/c16-8-12(4-2-1-3-5-12)7-14-21(19,20)10-9(11(17)18)6-13-15-10/h6,14,16H,1-5,7-8H2,(H,13,15)(H,17,18). The van der Waals surface area contributed by atoms with E-state index < -0.39 is 32.0 Å². The fourth-order valence-corrected chi connectivity index (χ4v) is 3.89. The number of H-pyrrole nitrogens is 1. The fraction of sp³-hybridized carbons (Fsp3) is 0.667. The third-order valence-electron chi connectivity index (χ3n) is 3.99. The van der Waals surface area contributed by atoms with Gasteiger partial charge >= 0.3 is 5.97 Å². The summed E-state index contributed by atoms with van der Waals surface area (Å²) >= 11 is 0. The summed E-state index contributed by atoms with van der Waals surface area (Å²) in [5.74, 6) is -1.36. The number of rotatable bonds is 6. The molecule has 1 heterocycles. The SMILES string of the molecule is O=C(O)c1cn[nH]c1S(=O)(=O)NCC1(CO)CCCCC1. The van der Waals surface area contributed by atoms with Gasteiger partial charge in [0.05, 0.1) is 6.20 Å². The molecule has 1 aromatic heterocycles. The lowest BCUT2D eigenvalue weighted by atomic mass is 9.75. The molecule has 1 aromatic rings. The molecule has 0 amide bonds. The number of sulfonamides is 1. The number of aromatic carboxylic acids is 1. The van der Waals surface area contributed by atoms with E-state index in [0.717, 1.165) is 38.3 Å². The summed E-state index contributed by atoms with van der Waals surface area (Å²) in [4.78, 5) is 11.0. The summed E-state index contributed by atoms with van der Waals surface area (Å²) in [6, 6.07) is 0. The Morgan fingerprint density at radius 3 is 2.62 bits per heavy atom. The van der Waals surface area contributed by atoms with Gasteiger partial charge in [0.2, 0.25) is 0 Å². The number of hydrogen-bond donors (Lipinski definition) is 4. The van der Waals surface area contributed by atoms with Crippen LogP contribution in [-0.4, -0.2) is 47.9 Å². The first kappa shape index (κ1) is 15.9. The van der Waals surface area contributed by atoms with E-state index in [-0.39, 0.29) is 13.2 Å². The molecule has 8 nitrogen and oxygen atoms in total. The van der Waals surface area contributed by atoms with Crippen molar-refractivity contribution in [3.63, 3.8) is 0 Å². The second kappa shape index (κ2) is 6.12. The van der Waals surface area contributed by atoms with E-state index in [0.29, 0.717) is 0 Å². The lowest BCUT2D eigenvalue weighted by molar-refractivity contribution is 0.0692. The average molecular weight is 317 g/mol. The third kappa shape index (κ3) is 3.42. The maximum atomic E-state index is 12.2. The van der Waals surface area contributed by atoms with E-state index in [2.05, 4.69) is 14.9 Å². The van der Waals surface area contributed by atoms with Gasteiger partial charge in [-0.15, -0.1) is 0 Å². The van der Waals surface area contributed by atoms with Gasteiger partial charge in [-0.2, -0.15) is 5.10 Å². The molecule has 0 aliphatic heterocycles. The molecule has 1 saturated carbocycles. The smallest absolute Gasteiger partial charge is 0.340 e. The van der Waals surface area contributed by atoms with Gasteiger partial charge in [0.1, 0.15) is 5.56 Å². The van der Waals surface area contributed by atoms with Crippen LogP contribution in [0.1, 0.15) is 42.5 Å². The maximum Gasteiger partial charge on any atom is 0.340 e. The molecule has 0 radical (unpaired) electrons. The van der Waals surface area contributed by atoms with Gasteiger partial charge < -0.3 is 10.2 Å². The molecule has 21 heavy (non-hydrogen) atoms. The quantitative estimate of drug-likeness (QED) is 0.597. The Morgan fingerprint density at radius 2 is 2.05 bits per heavy atom. The Hall–Kier alpha value is -1.45. The molecule has 9 heteroatoms. The predicted octanol–water partition coefficient (Wildman–Crippen LogP) is 0.329. The van der Waals surface area contributed by atoms with E-state index >= 15 is 0 Å². The van der Waals surface area contributed by atoms with Crippen LogP contribution in [0.25, 0.3) is 0 Å². The van der Waals surface area contributed by atoms with Gasteiger partial charge in [0, 0.05) is 18.6 Å². The third-order valence-corrected chi connectivity index (χ3v) is 5.36. The topological polar surface area (TPSA) is 132 Å². The van der Waals surface area contributed by atoms with Crippen LogP contribution in [0.5, 0.6) is 0 Å². The molecule has 0 bridgehead atoms. The van der Waals surface area contributed by atoms with Crippen LogP contribution in [0.2, 0.25) is 0 Å². The lowest BCUT2D eigenvalue weighted by Gasteiger charge is -2.35. The van der Waals surface area contributed by atoms with Gasteiger partial charge in [-0.05, 0) is 12.8 Å². The minimum absolute atomic E-state index is 0.0872. The van der Waals surface area contributed by atoms with Crippen molar-refractivity contribution in [1.29, 1.82) is 0 Å². The van der Waals surface area contributed by atoms with Crippen molar-refractivity contribution in [2.45, 2.75) is 37.1 Å².